The molecule has 39 heavy (non-hydrogen) atoms. The van der Waals surface area contributed by atoms with Gasteiger partial charge < -0.3 is 9.80 Å². The number of nitrogens with zero attached hydrogens (tertiary/aromatic N) is 8. The molecule has 10 nitrogen and oxygen atoms in total. The van der Waals surface area contributed by atoms with Gasteiger partial charge in [0, 0.05) is 36.3 Å². The topological polar surface area (TPSA) is 102 Å². The number of hydrogen-bond acceptors (Lipinski definition) is 6. The SMILES string of the molecule is CC(c1ccc(-n2cncn2)nc1)N1C[C@@H](C)n2nc3c(c2C1=O)CN(C(=O)c1ccc(Cl)c(Cl)c1)[C@H](C)C3. The molecule has 4 aromatic rings. The van der Waals surface area contributed by atoms with Crippen molar-refractivity contribution in [2.24, 2.45) is 0 Å². The third-order valence-corrected chi connectivity index (χ3v) is 8.32. The average molecular weight is 565 g/mol. The number of fused-ring (bicyclic) bond motifs is 3. The van der Waals surface area contributed by atoms with Gasteiger partial charge in [-0.15, -0.1) is 0 Å². The van der Waals surface area contributed by atoms with Crippen LogP contribution in [0.25, 0.3) is 5.82 Å². The van der Waals surface area contributed by atoms with Crippen molar-refractivity contribution >= 4 is 35.0 Å². The second-order valence-corrected chi connectivity index (χ2v) is 10.9. The van der Waals surface area contributed by atoms with Crippen LogP contribution in [0.5, 0.6) is 0 Å². The summed E-state index contributed by atoms with van der Waals surface area (Å²) in [6.07, 6.45) is 5.36. The largest absolute Gasteiger partial charge is 0.331 e. The van der Waals surface area contributed by atoms with Crippen LogP contribution in [0.15, 0.2) is 49.2 Å². The molecule has 0 aliphatic carbocycles. The van der Waals surface area contributed by atoms with Crippen molar-refractivity contribution in [2.45, 2.75) is 51.9 Å². The summed E-state index contributed by atoms with van der Waals surface area (Å²) in [5.41, 5.74) is 3.57. The van der Waals surface area contributed by atoms with Crippen LogP contribution >= 0.6 is 23.2 Å². The molecule has 0 radical (unpaired) electrons. The lowest BCUT2D eigenvalue weighted by molar-refractivity contribution is 0.0574. The number of halogens is 2. The Morgan fingerprint density at radius 2 is 1.92 bits per heavy atom. The van der Waals surface area contributed by atoms with Crippen molar-refractivity contribution < 1.29 is 9.59 Å². The predicted octanol–water partition coefficient (Wildman–Crippen LogP) is 4.53. The molecule has 200 valence electrons. The van der Waals surface area contributed by atoms with Gasteiger partial charge >= 0.3 is 0 Å². The maximum atomic E-state index is 14.0. The molecule has 0 N–H and O–H groups in total. The number of amides is 2. The lowest BCUT2D eigenvalue weighted by Gasteiger charge is -2.37. The van der Waals surface area contributed by atoms with E-state index < -0.39 is 0 Å². The van der Waals surface area contributed by atoms with Crippen molar-refractivity contribution in [3.8, 4) is 5.82 Å². The highest BCUT2D eigenvalue weighted by Gasteiger charge is 2.40. The van der Waals surface area contributed by atoms with E-state index in [4.69, 9.17) is 28.3 Å². The van der Waals surface area contributed by atoms with E-state index in [0.29, 0.717) is 46.6 Å². The monoisotopic (exact) mass is 564 g/mol. The summed E-state index contributed by atoms with van der Waals surface area (Å²) in [6, 6.07) is 8.36. The van der Waals surface area contributed by atoms with E-state index in [1.54, 1.807) is 40.3 Å². The number of benzene rings is 1. The predicted molar refractivity (Wildman–Crippen MR) is 145 cm³/mol. The second-order valence-electron chi connectivity index (χ2n) is 10.1. The summed E-state index contributed by atoms with van der Waals surface area (Å²) in [5, 5.41) is 9.67. The molecule has 1 unspecified atom stereocenters. The van der Waals surface area contributed by atoms with E-state index in [0.717, 1.165) is 16.8 Å². The van der Waals surface area contributed by atoms with Gasteiger partial charge in [0.15, 0.2) is 5.82 Å². The van der Waals surface area contributed by atoms with Crippen LogP contribution in [0.2, 0.25) is 10.0 Å². The van der Waals surface area contributed by atoms with Crippen molar-refractivity contribution in [1.82, 2.24) is 39.3 Å². The molecular formula is C27H26Cl2N8O2. The molecule has 0 spiro atoms. The molecule has 5 heterocycles. The normalized spacial score (nSPS) is 19.6. The molecule has 3 atom stereocenters. The van der Waals surface area contributed by atoms with Crippen molar-refractivity contribution in [3.05, 3.63) is 87.3 Å². The van der Waals surface area contributed by atoms with Gasteiger partial charge in [-0.05, 0) is 50.6 Å². The molecule has 0 saturated heterocycles. The Morgan fingerprint density at radius 1 is 1.10 bits per heavy atom. The fourth-order valence-electron chi connectivity index (χ4n) is 5.38. The van der Waals surface area contributed by atoms with Gasteiger partial charge in [-0.3, -0.25) is 14.3 Å². The fourth-order valence-corrected chi connectivity index (χ4v) is 5.67. The van der Waals surface area contributed by atoms with E-state index >= 15 is 0 Å². The standard InChI is InChI=1S/C27H26Cl2N8O2/c1-15-8-23-20(12-34(15)26(38)18-4-6-21(28)22(29)9-18)25-27(39)35(11-16(2)37(25)33-23)17(3)19-5-7-24(31-10-19)36-14-30-13-32-36/h4-7,9-10,13-17H,8,11-12H2,1-3H3/t15-,16-,17?/m1/s1. The summed E-state index contributed by atoms with van der Waals surface area (Å²) in [7, 11) is 0. The molecule has 6 rings (SSSR count). The molecule has 0 fully saturated rings. The summed E-state index contributed by atoms with van der Waals surface area (Å²) in [6.45, 7) is 6.85. The lowest BCUT2D eigenvalue weighted by Crippen LogP contribution is -2.45. The van der Waals surface area contributed by atoms with E-state index in [2.05, 4.69) is 22.0 Å². The van der Waals surface area contributed by atoms with Crippen LogP contribution in [0.4, 0.5) is 0 Å². The maximum Gasteiger partial charge on any atom is 0.273 e. The summed E-state index contributed by atoms with van der Waals surface area (Å²) in [5.74, 6) is 0.382. The van der Waals surface area contributed by atoms with Gasteiger partial charge in [-0.1, -0.05) is 29.3 Å². The first-order valence-electron chi connectivity index (χ1n) is 12.7. The van der Waals surface area contributed by atoms with Gasteiger partial charge in [0.1, 0.15) is 18.3 Å². The van der Waals surface area contributed by atoms with E-state index in [1.165, 1.54) is 6.33 Å². The number of rotatable bonds is 4. The van der Waals surface area contributed by atoms with E-state index in [9.17, 15) is 9.59 Å². The Balaban J connectivity index is 1.29. The average Bonchev–Trinajstić information content (AvgIpc) is 3.60. The highest BCUT2D eigenvalue weighted by Crippen LogP contribution is 2.35. The third kappa shape index (κ3) is 4.37. The van der Waals surface area contributed by atoms with Crippen molar-refractivity contribution in [2.75, 3.05) is 6.54 Å². The van der Waals surface area contributed by atoms with E-state index in [-0.39, 0.29) is 29.9 Å². The molecule has 2 amide bonds. The molecule has 12 heteroatoms. The Morgan fingerprint density at radius 3 is 2.62 bits per heavy atom. The minimum absolute atomic E-state index is 0.0253. The van der Waals surface area contributed by atoms with Gasteiger partial charge in [-0.25, -0.2) is 14.6 Å². The zero-order valence-corrected chi connectivity index (χ0v) is 23.1. The molecule has 2 aliphatic heterocycles. The zero-order valence-electron chi connectivity index (χ0n) is 21.6. The first kappa shape index (κ1) is 25.5. The molecule has 0 saturated carbocycles. The number of carbonyl (C=O) groups excluding carboxylic acids is 2. The zero-order chi connectivity index (χ0) is 27.4. The molecule has 0 bridgehead atoms. The highest BCUT2D eigenvalue weighted by atomic mass is 35.5. The molecule has 1 aromatic carbocycles. The number of pyridine rings is 1. The molecule has 3 aromatic heterocycles. The minimum Gasteiger partial charge on any atom is -0.331 e. The van der Waals surface area contributed by atoms with Crippen molar-refractivity contribution in [3.63, 3.8) is 0 Å². The summed E-state index contributed by atoms with van der Waals surface area (Å²) in [4.78, 5) is 39.5. The van der Waals surface area contributed by atoms with Gasteiger partial charge in [0.05, 0.1) is 34.4 Å². The number of carbonyl (C=O) groups is 2. The van der Waals surface area contributed by atoms with Crippen LogP contribution in [0.1, 0.15) is 70.5 Å². The highest BCUT2D eigenvalue weighted by molar-refractivity contribution is 6.42. The third-order valence-electron chi connectivity index (χ3n) is 7.58. The Kier molecular flexibility index (Phi) is 6.39. The summed E-state index contributed by atoms with van der Waals surface area (Å²) < 4.78 is 3.42. The van der Waals surface area contributed by atoms with Gasteiger partial charge in [0.25, 0.3) is 11.8 Å². The quantitative estimate of drug-likeness (QED) is 0.361. The Labute approximate surface area is 235 Å². The van der Waals surface area contributed by atoms with Crippen LogP contribution in [-0.4, -0.2) is 63.7 Å². The molecular weight excluding hydrogens is 539 g/mol. The Hall–Kier alpha value is -3.76. The summed E-state index contributed by atoms with van der Waals surface area (Å²) >= 11 is 12.2. The molecule has 2 aliphatic rings. The van der Waals surface area contributed by atoms with Crippen LogP contribution in [0, 0.1) is 0 Å². The van der Waals surface area contributed by atoms with Crippen LogP contribution in [-0.2, 0) is 13.0 Å². The van der Waals surface area contributed by atoms with Crippen LogP contribution in [0.3, 0.4) is 0 Å². The van der Waals surface area contributed by atoms with Crippen LogP contribution < -0.4 is 0 Å². The fraction of sp³-hybridized carbons (Fsp3) is 0.333. The first-order valence-corrected chi connectivity index (χ1v) is 13.5. The van der Waals surface area contributed by atoms with Crippen molar-refractivity contribution in [1.29, 1.82) is 0 Å². The smallest absolute Gasteiger partial charge is 0.273 e. The van der Waals surface area contributed by atoms with E-state index in [1.807, 2.05) is 35.6 Å². The maximum absolute atomic E-state index is 14.0. The first-order chi connectivity index (χ1) is 18.7. The minimum atomic E-state index is -0.215. The number of hydrogen-bond donors (Lipinski definition) is 0. The van der Waals surface area contributed by atoms with Gasteiger partial charge in [0.2, 0.25) is 0 Å². The van der Waals surface area contributed by atoms with Gasteiger partial charge in [-0.2, -0.15) is 10.2 Å². The second kappa shape index (κ2) is 9.77. The number of aromatic nitrogens is 6. The Bertz CT molecular complexity index is 1570. The lowest BCUT2D eigenvalue weighted by atomic mass is 9.96.